The highest BCUT2D eigenvalue weighted by Gasteiger charge is 2.08. The SMILES string of the molecule is CNc1nnc(SCCCc2nc(-c3ccccc3)no2)s1. The average Bonchev–Trinajstić information content (AvgIpc) is 3.22. The molecule has 0 fully saturated rings. The number of nitrogens with zero attached hydrogens (tertiary/aromatic N) is 4. The maximum Gasteiger partial charge on any atom is 0.226 e. The van der Waals surface area contributed by atoms with E-state index in [2.05, 4.69) is 25.7 Å². The standard InChI is InChI=1S/C14H15N5OS2/c1-15-13-17-18-14(22-13)21-9-5-8-11-16-12(19-20-11)10-6-3-2-4-7-10/h2-4,6-7H,5,8-9H2,1H3,(H,15,17). The fraction of sp³-hybridized carbons (Fsp3) is 0.286. The summed E-state index contributed by atoms with van der Waals surface area (Å²) in [7, 11) is 1.84. The van der Waals surface area contributed by atoms with Crippen molar-refractivity contribution in [3.8, 4) is 11.4 Å². The van der Waals surface area contributed by atoms with Gasteiger partial charge in [-0.15, -0.1) is 10.2 Å². The molecule has 0 saturated carbocycles. The molecule has 2 heterocycles. The molecule has 114 valence electrons. The predicted octanol–water partition coefficient (Wildman–Crippen LogP) is 3.35. The highest BCUT2D eigenvalue weighted by molar-refractivity contribution is 8.01. The zero-order valence-electron chi connectivity index (χ0n) is 12.0. The van der Waals surface area contributed by atoms with Crippen LogP contribution >= 0.6 is 23.1 Å². The number of rotatable bonds is 7. The van der Waals surface area contributed by atoms with Crippen molar-refractivity contribution < 1.29 is 4.52 Å². The molecule has 0 aliphatic carbocycles. The second-order valence-corrected chi connectivity index (χ2v) is 6.77. The summed E-state index contributed by atoms with van der Waals surface area (Å²) in [5, 5.41) is 15.9. The molecule has 0 saturated heterocycles. The van der Waals surface area contributed by atoms with E-state index in [0.29, 0.717) is 11.7 Å². The summed E-state index contributed by atoms with van der Waals surface area (Å²) in [5.41, 5.74) is 0.973. The van der Waals surface area contributed by atoms with Crippen LogP contribution in [0, 0.1) is 0 Å². The van der Waals surface area contributed by atoms with Gasteiger partial charge in [0.1, 0.15) is 0 Å². The Hall–Kier alpha value is -1.93. The summed E-state index contributed by atoms with van der Waals surface area (Å²) < 4.78 is 6.26. The number of aromatic nitrogens is 4. The van der Waals surface area contributed by atoms with Crippen molar-refractivity contribution in [1.82, 2.24) is 20.3 Å². The molecule has 0 aliphatic heterocycles. The number of benzene rings is 1. The predicted molar refractivity (Wildman–Crippen MR) is 88.2 cm³/mol. The molecule has 0 unspecified atom stereocenters. The number of hydrogen-bond donors (Lipinski definition) is 1. The third-order valence-electron chi connectivity index (χ3n) is 2.88. The molecule has 22 heavy (non-hydrogen) atoms. The number of aryl methyl sites for hydroxylation is 1. The lowest BCUT2D eigenvalue weighted by Gasteiger charge is -1.94. The maximum absolute atomic E-state index is 5.29. The fourth-order valence-corrected chi connectivity index (χ4v) is 3.53. The molecule has 6 nitrogen and oxygen atoms in total. The summed E-state index contributed by atoms with van der Waals surface area (Å²) in [6, 6.07) is 9.83. The molecule has 1 aromatic carbocycles. The lowest BCUT2D eigenvalue weighted by molar-refractivity contribution is 0.378. The summed E-state index contributed by atoms with van der Waals surface area (Å²) in [4.78, 5) is 4.42. The molecule has 0 spiro atoms. The van der Waals surface area contributed by atoms with Gasteiger partial charge in [-0.25, -0.2) is 0 Å². The second kappa shape index (κ2) is 7.37. The minimum Gasteiger partial charge on any atom is -0.363 e. The van der Waals surface area contributed by atoms with Gasteiger partial charge in [0.25, 0.3) is 0 Å². The summed E-state index contributed by atoms with van der Waals surface area (Å²) in [6.45, 7) is 0. The Labute approximate surface area is 136 Å². The average molecular weight is 333 g/mol. The topological polar surface area (TPSA) is 76.7 Å². The largest absolute Gasteiger partial charge is 0.363 e. The van der Waals surface area contributed by atoms with Gasteiger partial charge in [-0.2, -0.15) is 4.98 Å². The number of nitrogens with one attached hydrogen (secondary N) is 1. The number of hydrogen-bond acceptors (Lipinski definition) is 8. The molecule has 3 aromatic rings. The van der Waals surface area contributed by atoms with Crippen molar-refractivity contribution in [2.45, 2.75) is 17.2 Å². The van der Waals surface area contributed by atoms with Crippen LogP contribution in [-0.4, -0.2) is 33.1 Å². The minimum atomic E-state index is 0.644. The number of anilines is 1. The quantitative estimate of drug-likeness (QED) is 0.525. The first kappa shape index (κ1) is 15.0. The molecular weight excluding hydrogens is 318 g/mol. The van der Waals surface area contributed by atoms with E-state index < -0.39 is 0 Å². The zero-order chi connectivity index (χ0) is 15.2. The van der Waals surface area contributed by atoms with E-state index in [0.717, 1.165) is 33.6 Å². The van der Waals surface area contributed by atoms with E-state index >= 15 is 0 Å². The molecule has 3 rings (SSSR count). The van der Waals surface area contributed by atoms with Gasteiger partial charge in [-0.3, -0.25) is 0 Å². The van der Waals surface area contributed by atoms with Crippen LogP contribution in [-0.2, 0) is 6.42 Å². The molecule has 1 N–H and O–H groups in total. The van der Waals surface area contributed by atoms with E-state index in [9.17, 15) is 0 Å². The third-order valence-corrected chi connectivity index (χ3v) is 5.04. The van der Waals surface area contributed by atoms with Crippen molar-refractivity contribution in [3.63, 3.8) is 0 Å². The van der Waals surface area contributed by atoms with Gasteiger partial charge >= 0.3 is 0 Å². The first-order valence-electron chi connectivity index (χ1n) is 6.87. The zero-order valence-corrected chi connectivity index (χ0v) is 13.7. The van der Waals surface area contributed by atoms with E-state index in [1.807, 2.05) is 37.4 Å². The van der Waals surface area contributed by atoms with E-state index in [4.69, 9.17) is 4.52 Å². The van der Waals surface area contributed by atoms with Gasteiger partial charge < -0.3 is 9.84 Å². The molecule has 0 atom stereocenters. The van der Waals surface area contributed by atoms with E-state index in [1.54, 1.807) is 23.1 Å². The molecule has 8 heteroatoms. The molecule has 0 amide bonds. The molecule has 2 aromatic heterocycles. The van der Waals surface area contributed by atoms with Gasteiger partial charge in [-0.05, 0) is 6.42 Å². The van der Waals surface area contributed by atoms with Crippen LogP contribution in [0.3, 0.4) is 0 Å². The second-order valence-electron chi connectivity index (χ2n) is 4.45. The Morgan fingerprint density at radius 3 is 2.86 bits per heavy atom. The summed E-state index contributed by atoms with van der Waals surface area (Å²) in [6.07, 6.45) is 1.72. The monoisotopic (exact) mass is 333 g/mol. The highest BCUT2D eigenvalue weighted by atomic mass is 32.2. The summed E-state index contributed by atoms with van der Waals surface area (Å²) in [5.74, 6) is 2.26. The highest BCUT2D eigenvalue weighted by Crippen LogP contribution is 2.25. The lowest BCUT2D eigenvalue weighted by atomic mass is 10.2. The smallest absolute Gasteiger partial charge is 0.226 e. The van der Waals surface area contributed by atoms with Gasteiger partial charge in [0, 0.05) is 24.8 Å². The Morgan fingerprint density at radius 2 is 2.09 bits per heavy atom. The van der Waals surface area contributed by atoms with Gasteiger partial charge in [0.2, 0.25) is 16.8 Å². The normalized spacial score (nSPS) is 10.8. The van der Waals surface area contributed by atoms with Crippen LogP contribution < -0.4 is 5.32 Å². The van der Waals surface area contributed by atoms with Gasteiger partial charge in [0.15, 0.2) is 4.34 Å². The van der Waals surface area contributed by atoms with Gasteiger partial charge in [0.05, 0.1) is 0 Å². The lowest BCUT2D eigenvalue weighted by Crippen LogP contribution is -1.88. The fourth-order valence-electron chi connectivity index (χ4n) is 1.81. The van der Waals surface area contributed by atoms with Crippen LogP contribution in [0.5, 0.6) is 0 Å². The molecule has 0 radical (unpaired) electrons. The van der Waals surface area contributed by atoms with Crippen molar-refractivity contribution >= 4 is 28.2 Å². The van der Waals surface area contributed by atoms with Gasteiger partial charge in [-0.1, -0.05) is 58.6 Å². The Morgan fingerprint density at radius 1 is 1.23 bits per heavy atom. The van der Waals surface area contributed by atoms with Crippen LogP contribution in [0.15, 0.2) is 39.2 Å². The van der Waals surface area contributed by atoms with Crippen molar-refractivity contribution in [2.24, 2.45) is 0 Å². The number of thioether (sulfide) groups is 1. The van der Waals surface area contributed by atoms with Crippen molar-refractivity contribution in [1.29, 1.82) is 0 Å². The van der Waals surface area contributed by atoms with Crippen LogP contribution in [0.25, 0.3) is 11.4 Å². The Balaban J connectivity index is 1.47. The summed E-state index contributed by atoms with van der Waals surface area (Å²) >= 11 is 3.25. The maximum atomic E-state index is 5.29. The van der Waals surface area contributed by atoms with Crippen molar-refractivity contribution in [2.75, 3.05) is 18.1 Å². The Bertz CT molecular complexity index is 713. The van der Waals surface area contributed by atoms with Crippen LogP contribution in [0.4, 0.5) is 5.13 Å². The van der Waals surface area contributed by atoms with Crippen molar-refractivity contribution in [3.05, 3.63) is 36.2 Å². The first-order valence-corrected chi connectivity index (χ1v) is 8.67. The first-order chi connectivity index (χ1) is 10.8. The molecule has 0 bridgehead atoms. The van der Waals surface area contributed by atoms with E-state index in [1.165, 1.54) is 0 Å². The van der Waals surface area contributed by atoms with Crippen LogP contribution in [0.2, 0.25) is 0 Å². The molecule has 0 aliphatic rings. The van der Waals surface area contributed by atoms with Crippen LogP contribution in [0.1, 0.15) is 12.3 Å². The third kappa shape index (κ3) is 3.83. The Kier molecular flexibility index (Phi) is 5.02. The minimum absolute atomic E-state index is 0.644. The molecular formula is C14H15N5OS2. The van der Waals surface area contributed by atoms with E-state index in [-0.39, 0.29) is 0 Å².